The van der Waals surface area contributed by atoms with Gasteiger partial charge in [-0.25, -0.2) is 0 Å². The molecule has 1 radical (unpaired) electrons. The Hall–Kier alpha value is 1.35. The summed E-state index contributed by atoms with van der Waals surface area (Å²) < 4.78 is 8.06. The van der Waals surface area contributed by atoms with Crippen LogP contribution in [0.15, 0.2) is 0 Å². The predicted octanol–water partition coefficient (Wildman–Crippen LogP) is -0.618. The summed E-state index contributed by atoms with van der Waals surface area (Å²) in [5, 5.41) is 0. The van der Waals surface area contributed by atoms with E-state index in [0.29, 0.717) is 0 Å². The molecule has 2 nitrogen and oxygen atoms in total. The Balaban J connectivity index is -0.00000000500. The summed E-state index contributed by atoms with van der Waals surface area (Å²) in [6.45, 7) is 0. The summed E-state index contributed by atoms with van der Waals surface area (Å²) in [4.78, 5) is 0. The molecular weight excluding hydrogens is 200 g/mol. The molecule has 0 aromatic carbocycles. The molecule has 0 aromatic heterocycles. The third-order valence-electron chi connectivity index (χ3n) is 0. The molecule has 0 aliphatic heterocycles. The van der Waals surface area contributed by atoms with Crippen LogP contribution < -0.4 is 0 Å². The Morgan fingerprint density at radius 2 is 1.25 bits per heavy atom. The van der Waals surface area contributed by atoms with Crippen LogP contribution in [0.25, 0.3) is 0 Å². The molecule has 0 unspecified atom stereocenters. The molecule has 0 N–H and O–H groups in total. The maximum atomic E-state index is 8.06. The molecule has 0 fully saturated rings. The minimum atomic E-state index is 0. The average Bonchev–Trinajstić information content (AvgIpc) is 1.00. The molecule has 0 aromatic rings. The molecule has 17 valence electrons. The van der Waals surface area contributed by atoms with Crippen molar-refractivity contribution in [2.75, 3.05) is 0 Å². The van der Waals surface area contributed by atoms with Crippen molar-refractivity contribution < 1.29 is 51.7 Å². The Bertz CT molecular complexity index is 6.00. The van der Waals surface area contributed by atoms with Crippen LogP contribution in [0, 0.1) is 41.7 Å². The molecular formula is CeO2Si+3. The second-order valence-electron chi connectivity index (χ2n) is 0. The van der Waals surface area contributed by atoms with Crippen molar-refractivity contribution in [2.45, 2.75) is 0 Å². The zero-order chi connectivity index (χ0) is 2.00. The second kappa shape index (κ2) is 26.7. The van der Waals surface area contributed by atoms with Crippen molar-refractivity contribution in [3.8, 4) is 0 Å². The minimum absolute atomic E-state index is 0. The molecule has 4 heteroatoms. The summed E-state index contributed by atoms with van der Waals surface area (Å²) in [7, 11) is 1.72. The monoisotopic (exact) mass is 200 g/mol. The van der Waals surface area contributed by atoms with Gasteiger partial charge in [-0.1, -0.05) is 0 Å². The molecule has 0 aliphatic rings. The Morgan fingerprint density at radius 1 is 1.25 bits per heavy atom. The number of hydrogen-bond acceptors (Lipinski definition) is 1. The smallest absolute Gasteiger partial charge is 2.00 e. The molecule has 0 rings (SSSR count). The maximum absolute atomic E-state index is 8.06. The summed E-state index contributed by atoms with van der Waals surface area (Å²) in [5.41, 5.74) is 0. The van der Waals surface area contributed by atoms with Gasteiger partial charge in [0.25, 0.3) is 0 Å². The zero-order valence-corrected chi connectivity index (χ0v) is 5.96. The molecule has 0 spiro atoms. The molecule has 0 atom stereocenters. The van der Waals surface area contributed by atoms with Crippen LogP contribution >= 0.6 is 0 Å². The molecule has 0 amide bonds. The van der Waals surface area contributed by atoms with E-state index in [2.05, 4.69) is 0 Å². The summed E-state index contributed by atoms with van der Waals surface area (Å²) in [6, 6.07) is 0. The van der Waals surface area contributed by atoms with Gasteiger partial charge in [-0.15, -0.1) is 0 Å². The first-order valence-corrected chi connectivity index (χ1v) is 0.612. The second-order valence-corrected chi connectivity index (χ2v) is 0. The van der Waals surface area contributed by atoms with E-state index >= 15 is 0 Å². The van der Waals surface area contributed by atoms with Crippen molar-refractivity contribution in [1.29, 1.82) is 0 Å². The third kappa shape index (κ3) is 10.1. The third-order valence-corrected chi connectivity index (χ3v) is 0. The van der Waals surface area contributed by atoms with Crippen LogP contribution in [-0.4, -0.2) is 10.1 Å². The van der Waals surface area contributed by atoms with E-state index < -0.39 is 0 Å². The van der Waals surface area contributed by atoms with Gasteiger partial charge >= 0.3 is 56.3 Å². The summed E-state index contributed by atoms with van der Waals surface area (Å²) in [5.74, 6) is 0. The molecule has 0 saturated heterocycles. The molecule has 0 bridgehead atoms. The first kappa shape index (κ1) is 18.3. The molecule has 0 aliphatic carbocycles. The Morgan fingerprint density at radius 3 is 1.25 bits per heavy atom. The first-order chi connectivity index (χ1) is 1.00. The van der Waals surface area contributed by atoms with Gasteiger partial charge < -0.3 is 5.48 Å². The van der Waals surface area contributed by atoms with E-state index in [1.807, 2.05) is 0 Å². The topological polar surface area (TPSA) is 45.6 Å². The van der Waals surface area contributed by atoms with Crippen molar-refractivity contribution in [3.05, 3.63) is 0 Å². The fraction of sp³-hybridized carbons (Fsp3) is 0. The van der Waals surface area contributed by atoms with Gasteiger partial charge in [0.1, 0.15) is 0 Å². The van der Waals surface area contributed by atoms with E-state index in [4.69, 9.17) is 4.46 Å². The quantitative estimate of drug-likeness (QED) is 0.481. The van der Waals surface area contributed by atoms with Crippen molar-refractivity contribution >= 4 is 10.1 Å². The van der Waals surface area contributed by atoms with Gasteiger partial charge in [0.05, 0.1) is 0 Å². The van der Waals surface area contributed by atoms with E-state index in [1.165, 1.54) is 0 Å². The van der Waals surface area contributed by atoms with Crippen LogP contribution in [0.2, 0.25) is 0 Å². The number of hydrogen-bond donors (Lipinski definition) is 0. The normalized spacial score (nSPS) is 1.50. The molecule has 0 heterocycles. The van der Waals surface area contributed by atoms with Crippen LogP contribution in [0.1, 0.15) is 0 Å². The zero-order valence-electron chi connectivity index (χ0n) is 1.82. The van der Waals surface area contributed by atoms with Gasteiger partial charge in [0, 0.05) is 0 Å². The summed E-state index contributed by atoms with van der Waals surface area (Å²) >= 11 is 0. The first-order valence-electron chi connectivity index (χ1n) is 0.204. The van der Waals surface area contributed by atoms with Crippen LogP contribution in [0.3, 0.4) is 0 Å². The van der Waals surface area contributed by atoms with Crippen molar-refractivity contribution in [2.24, 2.45) is 0 Å². The van der Waals surface area contributed by atoms with Gasteiger partial charge in [-0.2, -0.15) is 0 Å². The van der Waals surface area contributed by atoms with E-state index in [1.54, 1.807) is 10.1 Å². The van der Waals surface area contributed by atoms with Gasteiger partial charge in [-0.05, 0) is 0 Å². The van der Waals surface area contributed by atoms with Crippen LogP contribution in [-0.2, 0) is 9.94 Å². The minimum Gasteiger partial charge on any atom is -2.00 e. The molecule has 0 saturated carbocycles. The van der Waals surface area contributed by atoms with Crippen LogP contribution in [0.5, 0.6) is 0 Å². The van der Waals surface area contributed by atoms with E-state index in [-0.39, 0.29) is 47.2 Å². The van der Waals surface area contributed by atoms with E-state index in [0.717, 1.165) is 0 Å². The Kier molecular flexibility index (Phi) is 122. The average molecular weight is 200 g/mol. The fourth-order valence-corrected chi connectivity index (χ4v) is 0. The maximum Gasteiger partial charge on any atom is 3.00 e. The van der Waals surface area contributed by atoms with Crippen molar-refractivity contribution in [3.63, 3.8) is 0 Å². The standard InChI is InChI=1S/Ce.OSi.O/c;1-2;/q+3;+2;-2. The van der Waals surface area contributed by atoms with Gasteiger partial charge in [0.15, 0.2) is 0 Å². The number of rotatable bonds is 0. The van der Waals surface area contributed by atoms with Crippen molar-refractivity contribution in [1.82, 2.24) is 0 Å². The summed E-state index contributed by atoms with van der Waals surface area (Å²) in [6.07, 6.45) is 0. The SMILES string of the molecule is O=[Si+2].[Ce+3].[O-2]. The predicted molar refractivity (Wildman–Crippen MR) is 7.13 cm³/mol. The van der Waals surface area contributed by atoms with Gasteiger partial charge in [0.2, 0.25) is 0 Å². The largest absolute Gasteiger partial charge is 3.00 e. The Labute approximate surface area is 61.1 Å². The van der Waals surface area contributed by atoms with Crippen LogP contribution in [0.4, 0.5) is 0 Å². The fourth-order valence-electron chi connectivity index (χ4n) is 0. The molecule has 4 heavy (non-hydrogen) atoms. The van der Waals surface area contributed by atoms with E-state index in [9.17, 15) is 0 Å². The van der Waals surface area contributed by atoms with Gasteiger partial charge in [-0.3, -0.25) is 0 Å².